The minimum Gasteiger partial charge on any atom is -0.361 e. The Morgan fingerprint density at radius 2 is 2.43 bits per heavy atom. The molecule has 2 rings (SSSR count). The van der Waals surface area contributed by atoms with Crippen molar-refractivity contribution in [3.8, 4) is 0 Å². The zero-order valence-electron chi connectivity index (χ0n) is 8.82. The summed E-state index contributed by atoms with van der Waals surface area (Å²) in [6.45, 7) is 4.47. The van der Waals surface area contributed by atoms with Gasteiger partial charge in [-0.1, -0.05) is 18.7 Å². The summed E-state index contributed by atoms with van der Waals surface area (Å²) in [5.74, 6) is 2.56. The SMILES string of the molecule is CCC1SC(NC2CCSC2)=NC1C. The fraction of sp³-hybridized carbons (Fsp3) is 0.900. The molecule has 0 amide bonds. The molecule has 14 heavy (non-hydrogen) atoms. The zero-order chi connectivity index (χ0) is 9.97. The number of nitrogens with zero attached hydrogens (tertiary/aromatic N) is 1. The van der Waals surface area contributed by atoms with Crippen molar-refractivity contribution in [1.82, 2.24) is 5.32 Å². The van der Waals surface area contributed by atoms with Crippen molar-refractivity contribution in [1.29, 1.82) is 0 Å². The van der Waals surface area contributed by atoms with Gasteiger partial charge in [0.2, 0.25) is 0 Å². The minimum absolute atomic E-state index is 0.501. The van der Waals surface area contributed by atoms with E-state index in [4.69, 9.17) is 0 Å². The first-order valence-electron chi connectivity index (χ1n) is 5.38. The van der Waals surface area contributed by atoms with Crippen LogP contribution in [0.2, 0.25) is 0 Å². The van der Waals surface area contributed by atoms with Crippen molar-refractivity contribution in [3.63, 3.8) is 0 Å². The smallest absolute Gasteiger partial charge is 0.157 e. The second kappa shape index (κ2) is 4.79. The van der Waals surface area contributed by atoms with Crippen LogP contribution in [0.15, 0.2) is 4.99 Å². The van der Waals surface area contributed by atoms with Crippen LogP contribution < -0.4 is 5.32 Å². The minimum atomic E-state index is 0.501. The second-order valence-electron chi connectivity index (χ2n) is 3.94. The Hall–Kier alpha value is 0.170. The summed E-state index contributed by atoms with van der Waals surface area (Å²) < 4.78 is 0. The lowest BCUT2D eigenvalue weighted by Crippen LogP contribution is -2.32. The lowest BCUT2D eigenvalue weighted by molar-refractivity contribution is 0.666. The summed E-state index contributed by atoms with van der Waals surface area (Å²) in [5.41, 5.74) is 0. The highest BCUT2D eigenvalue weighted by atomic mass is 32.2. The standard InChI is InChI=1S/C10H18N2S2/c1-3-9-7(2)11-10(14-9)12-8-4-5-13-6-8/h7-9H,3-6H2,1-2H3,(H,11,12). The van der Waals surface area contributed by atoms with E-state index >= 15 is 0 Å². The molecule has 0 aromatic carbocycles. The van der Waals surface area contributed by atoms with Gasteiger partial charge in [-0.3, -0.25) is 4.99 Å². The quantitative estimate of drug-likeness (QED) is 0.788. The molecule has 2 heterocycles. The first kappa shape index (κ1) is 10.7. The third-order valence-corrected chi connectivity index (χ3v) is 5.42. The summed E-state index contributed by atoms with van der Waals surface area (Å²) in [6, 6.07) is 1.18. The van der Waals surface area contributed by atoms with Crippen LogP contribution in [-0.2, 0) is 0 Å². The predicted octanol–water partition coefficient (Wildman–Crippen LogP) is 2.35. The Bertz CT molecular complexity index is 224. The van der Waals surface area contributed by atoms with Crippen LogP contribution in [0.3, 0.4) is 0 Å². The molecule has 2 aliphatic heterocycles. The van der Waals surface area contributed by atoms with Gasteiger partial charge in [-0.25, -0.2) is 0 Å². The van der Waals surface area contributed by atoms with Gasteiger partial charge in [0.05, 0.1) is 6.04 Å². The predicted molar refractivity (Wildman–Crippen MR) is 67.4 cm³/mol. The molecule has 2 nitrogen and oxygen atoms in total. The van der Waals surface area contributed by atoms with E-state index in [1.54, 1.807) is 0 Å². The maximum Gasteiger partial charge on any atom is 0.157 e. The third-order valence-electron chi connectivity index (χ3n) is 2.78. The highest BCUT2D eigenvalue weighted by Gasteiger charge is 2.27. The summed E-state index contributed by atoms with van der Waals surface area (Å²) >= 11 is 3.98. The van der Waals surface area contributed by atoms with Gasteiger partial charge in [0.1, 0.15) is 0 Å². The van der Waals surface area contributed by atoms with Gasteiger partial charge in [-0.15, -0.1) is 0 Å². The Morgan fingerprint density at radius 3 is 3.00 bits per heavy atom. The van der Waals surface area contributed by atoms with Crippen LogP contribution >= 0.6 is 23.5 Å². The lowest BCUT2D eigenvalue weighted by atomic mass is 10.2. The maximum absolute atomic E-state index is 4.66. The molecule has 0 aromatic heterocycles. The van der Waals surface area contributed by atoms with Gasteiger partial charge >= 0.3 is 0 Å². The average molecular weight is 230 g/mol. The molecular formula is C10H18N2S2. The van der Waals surface area contributed by atoms with Crippen molar-refractivity contribution in [2.24, 2.45) is 4.99 Å². The number of hydrogen-bond acceptors (Lipinski definition) is 4. The Morgan fingerprint density at radius 1 is 1.57 bits per heavy atom. The molecule has 0 bridgehead atoms. The molecule has 4 heteroatoms. The maximum atomic E-state index is 4.66. The first-order valence-corrected chi connectivity index (χ1v) is 7.41. The number of rotatable bonds is 2. The van der Waals surface area contributed by atoms with Crippen molar-refractivity contribution < 1.29 is 0 Å². The summed E-state index contributed by atoms with van der Waals surface area (Å²) in [7, 11) is 0. The lowest BCUT2D eigenvalue weighted by Gasteiger charge is -2.12. The summed E-state index contributed by atoms with van der Waals surface area (Å²) in [5, 5.41) is 5.46. The van der Waals surface area contributed by atoms with Crippen LogP contribution in [0.5, 0.6) is 0 Å². The van der Waals surface area contributed by atoms with E-state index in [2.05, 4.69) is 24.2 Å². The normalized spacial score (nSPS) is 37.3. The van der Waals surface area contributed by atoms with Crippen LogP contribution in [-0.4, -0.2) is 34.0 Å². The van der Waals surface area contributed by atoms with E-state index < -0.39 is 0 Å². The van der Waals surface area contributed by atoms with E-state index in [0.717, 1.165) is 0 Å². The van der Waals surface area contributed by atoms with Crippen LogP contribution in [0, 0.1) is 0 Å². The van der Waals surface area contributed by atoms with Gasteiger partial charge in [0.25, 0.3) is 0 Å². The number of thioether (sulfide) groups is 2. The Kier molecular flexibility index (Phi) is 3.66. The van der Waals surface area contributed by atoms with Crippen molar-refractivity contribution >= 4 is 28.7 Å². The zero-order valence-corrected chi connectivity index (χ0v) is 10.5. The van der Waals surface area contributed by atoms with E-state index in [1.807, 2.05) is 23.5 Å². The molecule has 1 N–H and O–H groups in total. The molecule has 80 valence electrons. The molecule has 0 radical (unpaired) electrons. The third kappa shape index (κ3) is 2.40. The van der Waals surface area contributed by atoms with Gasteiger partial charge in [-0.05, 0) is 25.5 Å². The van der Waals surface area contributed by atoms with Crippen molar-refractivity contribution in [2.45, 2.75) is 44.0 Å². The summed E-state index contributed by atoms with van der Waals surface area (Å²) in [6.07, 6.45) is 2.52. The number of amidine groups is 1. The van der Waals surface area contributed by atoms with Crippen molar-refractivity contribution in [2.75, 3.05) is 11.5 Å². The van der Waals surface area contributed by atoms with Crippen LogP contribution in [0.25, 0.3) is 0 Å². The Labute approximate surface area is 94.7 Å². The molecular weight excluding hydrogens is 212 g/mol. The molecule has 0 saturated carbocycles. The van der Waals surface area contributed by atoms with E-state index in [-0.39, 0.29) is 0 Å². The van der Waals surface area contributed by atoms with Gasteiger partial charge in [0.15, 0.2) is 5.17 Å². The Balaban J connectivity index is 1.84. The van der Waals surface area contributed by atoms with E-state index in [0.29, 0.717) is 17.3 Å². The summed E-state index contributed by atoms with van der Waals surface area (Å²) in [4.78, 5) is 4.66. The van der Waals surface area contributed by atoms with Gasteiger partial charge < -0.3 is 5.32 Å². The van der Waals surface area contributed by atoms with Crippen LogP contribution in [0.4, 0.5) is 0 Å². The topological polar surface area (TPSA) is 24.4 Å². The molecule has 3 atom stereocenters. The van der Waals surface area contributed by atoms with Crippen molar-refractivity contribution in [3.05, 3.63) is 0 Å². The highest BCUT2D eigenvalue weighted by Crippen LogP contribution is 2.29. The second-order valence-corrected chi connectivity index (χ2v) is 6.32. The molecule has 2 aliphatic rings. The van der Waals surface area contributed by atoms with Crippen LogP contribution in [0.1, 0.15) is 26.7 Å². The van der Waals surface area contributed by atoms with Gasteiger partial charge in [-0.2, -0.15) is 11.8 Å². The fourth-order valence-corrected chi connectivity index (χ4v) is 4.18. The fourth-order valence-electron chi connectivity index (χ4n) is 1.86. The molecule has 0 aromatic rings. The monoisotopic (exact) mass is 230 g/mol. The first-order chi connectivity index (χ1) is 6.79. The molecule has 1 saturated heterocycles. The van der Waals surface area contributed by atoms with E-state index in [9.17, 15) is 0 Å². The highest BCUT2D eigenvalue weighted by molar-refractivity contribution is 8.14. The molecule has 3 unspecified atom stereocenters. The largest absolute Gasteiger partial charge is 0.361 e. The van der Waals surface area contributed by atoms with E-state index in [1.165, 1.54) is 29.5 Å². The average Bonchev–Trinajstić information content (AvgIpc) is 2.76. The number of hydrogen-bond donors (Lipinski definition) is 1. The molecule has 1 fully saturated rings. The number of nitrogens with one attached hydrogen (secondary N) is 1. The number of aliphatic imine (C=N–C) groups is 1. The molecule has 0 spiro atoms. The molecule has 0 aliphatic carbocycles. The van der Waals surface area contributed by atoms with Gasteiger partial charge in [0, 0.05) is 17.0 Å².